The number of amides is 1. The van der Waals surface area contributed by atoms with E-state index in [1.165, 1.54) is 25.4 Å². The standard InChI is InChI=1S/C21H15F3N6O5S/c1-25-19(31)18-11-14(8-9-26-18)34-13-4-7-16-17(10-13)27-20(29-28-16)30-36(32,33)15-5-2-12(3-6-15)35-21(22,23)24/h2-11H,1H3,(H,25,31)(H,27,29,30). The fourth-order valence-corrected chi connectivity index (χ4v) is 3.82. The van der Waals surface area contributed by atoms with Crippen molar-refractivity contribution in [2.45, 2.75) is 11.3 Å². The molecule has 15 heteroatoms. The molecule has 0 unspecified atom stereocenters. The molecule has 2 aromatic heterocycles. The maximum atomic E-state index is 12.6. The number of halogens is 3. The molecule has 0 aliphatic rings. The molecule has 0 fully saturated rings. The molecule has 0 aliphatic heterocycles. The third kappa shape index (κ3) is 5.93. The quantitative estimate of drug-likeness (QED) is 0.375. The first kappa shape index (κ1) is 24.6. The normalized spacial score (nSPS) is 11.7. The van der Waals surface area contributed by atoms with E-state index in [9.17, 15) is 26.4 Å². The predicted octanol–water partition coefficient (Wildman–Crippen LogP) is 3.27. The zero-order chi connectivity index (χ0) is 25.9. The SMILES string of the molecule is CNC(=O)c1cc(Oc2ccc3nnc(NS(=O)(=O)c4ccc(OC(F)(F)F)cc4)nc3c2)ccn1. The van der Waals surface area contributed by atoms with E-state index in [1.54, 1.807) is 18.2 Å². The first-order valence-corrected chi connectivity index (χ1v) is 11.4. The Morgan fingerprint density at radius 2 is 1.61 bits per heavy atom. The van der Waals surface area contributed by atoms with Crippen LogP contribution in [0.5, 0.6) is 17.2 Å². The molecule has 0 spiro atoms. The lowest BCUT2D eigenvalue weighted by Gasteiger charge is -2.10. The largest absolute Gasteiger partial charge is 0.573 e. The Balaban J connectivity index is 1.54. The van der Waals surface area contributed by atoms with Crippen LogP contribution in [0, 0.1) is 0 Å². The molecule has 36 heavy (non-hydrogen) atoms. The fourth-order valence-electron chi connectivity index (χ4n) is 2.88. The van der Waals surface area contributed by atoms with Crippen molar-refractivity contribution in [3.8, 4) is 17.2 Å². The maximum absolute atomic E-state index is 12.6. The third-order valence-electron chi connectivity index (χ3n) is 4.45. The lowest BCUT2D eigenvalue weighted by molar-refractivity contribution is -0.274. The average Bonchev–Trinajstić information content (AvgIpc) is 2.82. The van der Waals surface area contributed by atoms with Crippen LogP contribution in [0.4, 0.5) is 19.1 Å². The highest BCUT2D eigenvalue weighted by molar-refractivity contribution is 7.92. The number of anilines is 1. The van der Waals surface area contributed by atoms with E-state index in [0.717, 1.165) is 24.3 Å². The second-order valence-corrected chi connectivity index (χ2v) is 8.65. The molecule has 4 aromatic rings. The lowest BCUT2D eigenvalue weighted by atomic mass is 10.3. The Bertz CT molecular complexity index is 1530. The first-order chi connectivity index (χ1) is 17.0. The van der Waals surface area contributed by atoms with Crippen LogP contribution in [0.15, 0.2) is 65.7 Å². The summed E-state index contributed by atoms with van der Waals surface area (Å²) in [5, 5.41) is 10.1. The summed E-state index contributed by atoms with van der Waals surface area (Å²) in [4.78, 5) is 19.5. The van der Waals surface area contributed by atoms with Crippen LogP contribution < -0.4 is 19.5 Å². The van der Waals surface area contributed by atoms with E-state index in [-0.39, 0.29) is 22.1 Å². The number of aromatic nitrogens is 4. The highest BCUT2D eigenvalue weighted by Crippen LogP contribution is 2.26. The van der Waals surface area contributed by atoms with Gasteiger partial charge in [0, 0.05) is 25.4 Å². The molecule has 0 saturated carbocycles. The number of carbonyl (C=O) groups excluding carboxylic acids is 1. The van der Waals surface area contributed by atoms with Gasteiger partial charge >= 0.3 is 6.36 Å². The number of sulfonamides is 1. The molecule has 186 valence electrons. The third-order valence-corrected chi connectivity index (χ3v) is 5.79. The summed E-state index contributed by atoms with van der Waals surface area (Å²) < 4.78 is 73.7. The van der Waals surface area contributed by atoms with Crippen molar-refractivity contribution in [2.75, 3.05) is 11.8 Å². The Morgan fingerprint density at radius 1 is 0.917 bits per heavy atom. The van der Waals surface area contributed by atoms with E-state index < -0.39 is 28.0 Å². The van der Waals surface area contributed by atoms with Gasteiger partial charge in [0.1, 0.15) is 28.5 Å². The number of carbonyl (C=O) groups is 1. The molecule has 4 rings (SSSR count). The Hall–Kier alpha value is -4.53. The van der Waals surface area contributed by atoms with E-state index in [4.69, 9.17) is 4.74 Å². The number of hydrogen-bond acceptors (Lipinski definition) is 9. The molecule has 0 radical (unpaired) electrons. The van der Waals surface area contributed by atoms with Crippen LogP contribution in [0.2, 0.25) is 0 Å². The molecule has 2 heterocycles. The number of alkyl halides is 3. The number of nitrogens with zero attached hydrogens (tertiary/aromatic N) is 4. The van der Waals surface area contributed by atoms with Gasteiger partial charge in [0.25, 0.3) is 21.9 Å². The molecule has 0 aliphatic carbocycles. The molecule has 0 atom stereocenters. The molecule has 11 nitrogen and oxygen atoms in total. The van der Waals surface area contributed by atoms with Crippen molar-refractivity contribution >= 4 is 32.9 Å². The Morgan fingerprint density at radius 3 is 2.31 bits per heavy atom. The summed E-state index contributed by atoms with van der Waals surface area (Å²) in [6, 6.07) is 11.2. The van der Waals surface area contributed by atoms with Gasteiger partial charge in [0.15, 0.2) is 0 Å². The predicted molar refractivity (Wildman–Crippen MR) is 119 cm³/mol. The fraction of sp³-hybridized carbons (Fsp3) is 0.0952. The summed E-state index contributed by atoms with van der Waals surface area (Å²) in [7, 11) is -2.78. The summed E-state index contributed by atoms with van der Waals surface area (Å²) in [5.74, 6) is -0.708. The van der Waals surface area contributed by atoms with Crippen molar-refractivity contribution in [1.82, 2.24) is 25.5 Å². The number of nitrogens with one attached hydrogen (secondary N) is 2. The van der Waals surface area contributed by atoms with E-state index in [0.29, 0.717) is 17.0 Å². The van der Waals surface area contributed by atoms with Gasteiger partial charge in [-0.15, -0.1) is 23.4 Å². The van der Waals surface area contributed by atoms with Crippen LogP contribution in [-0.2, 0) is 10.0 Å². The highest BCUT2D eigenvalue weighted by atomic mass is 32.2. The second kappa shape index (κ2) is 9.61. The van der Waals surface area contributed by atoms with Crippen LogP contribution >= 0.6 is 0 Å². The number of hydrogen-bond donors (Lipinski definition) is 2. The van der Waals surface area contributed by atoms with Crippen LogP contribution in [0.1, 0.15) is 10.5 Å². The van der Waals surface area contributed by atoms with Gasteiger partial charge in [-0.25, -0.2) is 18.1 Å². The number of ether oxygens (including phenoxy) is 2. The maximum Gasteiger partial charge on any atom is 0.573 e. The summed E-state index contributed by atoms with van der Waals surface area (Å²) in [6.45, 7) is 0. The number of rotatable bonds is 7. The number of benzene rings is 2. The van der Waals surface area contributed by atoms with Gasteiger partial charge in [0.2, 0.25) is 0 Å². The van der Waals surface area contributed by atoms with E-state index in [2.05, 4.69) is 34.9 Å². The van der Waals surface area contributed by atoms with Crippen molar-refractivity contribution in [3.05, 3.63) is 66.5 Å². The molecule has 0 bridgehead atoms. The molecule has 0 saturated heterocycles. The summed E-state index contributed by atoms with van der Waals surface area (Å²) in [6.07, 6.45) is -3.50. The lowest BCUT2D eigenvalue weighted by Crippen LogP contribution is -2.18. The Labute approximate surface area is 201 Å². The first-order valence-electron chi connectivity index (χ1n) is 9.91. The van der Waals surface area contributed by atoms with Crippen LogP contribution in [0.25, 0.3) is 11.0 Å². The van der Waals surface area contributed by atoms with Crippen molar-refractivity contribution < 1.29 is 35.9 Å². The monoisotopic (exact) mass is 520 g/mol. The molecular formula is C21H15F3N6O5S. The molecular weight excluding hydrogens is 505 g/mol. The van der Waals surface area contributed by atoms with E-state index >= 15 is 0 Å². The van der Waals surface area contributed by atoms with Crippen LogP contribution in [-0.4, -0.2) is 47.9 Å². The van der Waals surface area contributed by atoms with Gasteiger partial charge in [-0.2, -0.15) is 0 Å². The van der Waals surface area contributed by atoms with Crippen molar-refractivity contribution in [1.29, 1.82) is 0 Å². The molecule has 2 N–H and O–H groups in total. The van der Waals surface area contributed by atoms with Crippen molar-refractivity contribution in [3.63, 3.8) is 0 Å². The van der Waals surface area contributed by atoms with Crippen molar-refractivity contribution in [2.24, 2.45) is 0 Å². The van der Waals surface area contributed by atoms with Gasteiger partial charge in [0.05, 0.1) is 10.4 Å². The minimum atomic E-state index is -4.91. The zero-order valence-electron chi connectivity index (χ0n) is 18.1. The average molecular weight is 520 g/mol. The number of fused-ring (bicyclic) bond motifs is 1. The minimum absolute atomic E-state index is 0.148. The van der Waals surface area contributed by atoms with Gasteiger partial charge < -0.3 is 14.8 Å². The smallest absolute Gasteiger partial charge is 0.457 e. The summed E-state index contributed by atoms with van der Waals surface area (Å²) >= 11 is 0. The van der Waals surface area contributed by atoms with Gasteiger partial charge in [-0.05, 0) is 42.5 Å². The highest BCUT2D eigenvalue weighted by Gasteiger charge is 2.31. The number of pyridine rings is 1. The van der Waals surface area contributed by atoms with Gasteiger partial charge in [-0.1, -0.05) is 0 Å². The molecule has 2 aromatic carbocycles. The molecule has 1 amide bonds. The van der Waals surface area contributed by atoms with Gasteiger partial charge in [-0.3, -0.25) is 9.78 Å². The minimum Gasteiger partial charge on any atom is -0.457 e. The Kier molecular flexibility index (Phi) is 6.57. The van der Waals surface area contributed by atoms with E-state index in [1.807, 2.05) is 0 Å². The topological polar surface area (TPSA) is 145 Å². The summed E-state index contributed by atoms with van der Waals surface area (Å²) in [5.41, 5.74) is 0.712. The zero-order valence-corrected chi connectivity index (χ0v) is 19.0. The van der Waals surface area contributed by atoms with Crippen LogP contribution in [0.3, 0.4) is 0 Å². The second-order valence-electron chi connectivity index (χ2n) is 6.97.